The van der Waals surface area contributed by atoms with E-state index in [0.29, 0.717) is 16.6 Å². The second-order valence-electron chi connectivity index (χ2n) is 3.47. The Labute approximate surface area is 94.4 Å². The maximum absolute atomic E-state index is 13.5. The lowest BCUT2D eigenvalue weighted by Gasteiger charge is -1.99. The predicted molar refractivity (Wildman–Crippen MR) is 57.0 cm³/mol. The zero-order valence-corrected chi connectivity index (χ0v) is 8.48. The minimum Gasteiger partial charge on any atom is -0.345 e. The molecule has 0 unspecified atom stereocenters. The molecule has 0 spiro atoms. The Bertz CT molecular complexity index is 693. The molecule has 0 aliphatic heterocycles. The number of nitrogens with zero attached hydrogens (tertiary/aromatic N) is 3. The molecule has 0 aliphatic rings. The zero-order chi connectivity index (χ0) is 11.8. The fourth-order valence-electron chi connectivity index (χ4n) is 1.68. The van der Waals surface area contributed by atoms with Crippen LogP contribution in [0.4, 0.5) is 8.78 Å². The molecule has 0 bridgehead atoms. The van der Waals surface area contributed by atoms with Crippen molar-refractivity contribution in [2.75, 3.05) is 0 Å². The first-order valence-corrected chi connectivity index (χ1v) is 4.84. The molecule has 0 radical (unpaired) electrons. The first kappa shape index (κ1) is 9.83. The van der Waals surface area contributed by atoms with Gasteiger partial charge >= 0.3 is 0 Å². The van der Waals surface area contributed by atoms with Gasteiger partial charge in [0.25, 0.3) is 0 Å². The van der Waals surface area contributed by atoms with Gasteiger partial charge in [-0.15, -0.1) is 0 Å². The highest BCUT2D eigenvalue weighted by atomic mass is 19.1. The summed E-state index contributed by atoms with van der Waals surface area (Å²) in [6.45, 7) is 0. The average Bonchev–Trinajstić information content (AvgIpc) is 2.72. The molecule has 0 saturated heterocycles. The van der Waals surface area contributed by atoms with E-state index in [1.54, 1.807) is 6.20 Å². The number of fused-ring (bicyclic) bond motifs is 1. The normalized spacial score (nSPS) is 10.9. The van der Waals surface area contributed by atoms with Gasteiger partial charge in [-0.2, -0.15) is 0 Å². The van der Waals surface area contributed by atoms with Crippen molar-refractivity contribution in [1.82, 2.24) is 19.9 Å². The molecule has 4 nitrogen and oxygen atoms in total. The first-order chi connectivity index (χ1) is 8.25. The van der Waals surface area contributed by atoms with E-state index in [0.717, 1.165) is 12.4 Å². The number of rotatable bonds is 1. The molecule has 3 aromatic rings. The lowest BCUT2D eigenvalue weighted by atomic mass is 10.1. The molecular weight excluding hydrogens is 226 g/mol. The molecule has 3 heterocycles. The number of H-pyrrole nitrogens is 1. The molecule has 0 amide bonds. The predicted octanol–water partition coefficient (Wildman–Crippen LogP) is 2.30. The first-order valence-electron chi connectivity index (χ1n) is 4.84. The van der Waals surface area contributed by atoms with Gasteiger partial charge in [-0.1, -0.05) is 0 Å². The minimum atomic E-state index is -0.558. The van der Waals surface area contributed by atoms with Gasteiger partial charge in [0.15, 0.2) is 5.82 Å². The third-order valence-electron chi connectivity index (χ3n) is 2.42. The topological polar surface area (TPSA) is 54.5 Å². The van der Waals surface area contributed by atoms with E-state index in [4.69, 9.17) is 0 Å². The summed E-state index contributed by atoms with van der Waals surface area (Å²) in [6, 6.07) is 1.29. The van der Waals surface area contributed by atoms with Crippen LogP contribution in [0, 0.1) is 11.6 Å². The largest absolute Gasteiger partial charge is 0.345 e. The molecule has 0 atom stereocenters. The second-order valence-corrected chi connectivity index (χ2v) is 3.47. The highest BCUT2D eigenvalue weighted by Gasteiger charge is 2.13. The third-order valence-corrected chi connectivity index (χ3v) is 2.42. The van der Waals surface area contributed by atoms with E-state index < -0.39 is 11.6 Å². The standard InChI is InChI=1S/C11H6F2N4/c12-6-1-7-8(3-16-11(7)15-2-6)10-9(13)4-14-5-17-10/h1-5H,(H,15,16). The summed E-state index contributed by atoms with van der Waals surface area (Å²) in [5.41, 5.74) is 1.07. The summed E-state index contributed by atoms with van der Waals surface area (Å²) in [5.74, 6) is -1.04. The van der Waals surface area contributed by atoms with Crippen LogP contribution >= 0.6 is 0 Å². The van der Waals surface area contributed by atoms with E-state index in [9.17, 15) is 8.78 Å². The summed E-state index contributed by atoms with van der Waals surface area (Å²) in [4.78, 5) is 14.1. The van der Waals surface area contributed by atoms with Gasteiger partial charge in [-0.25, -0.2) is 23.7 Å². The molecule has 84 valence electrons. The number of halogens is 2. The Kier molecular flexibility index (Phi) is 2.07. The Morgan fingerprint density at radius 3 is 2.82 bits per heavy atom. The van der Waals surface area contributed by atoms with Gasteiger partial charge < -0.3 is 4.98 Å². The van der Waals surface area contributed by atoms with Crippen molar-refractivity contribution in [3.05, 3.63) is 42.6 Å². The van der Waals surface area contributed by atoms with E-state index in [-0.39, 0.29) is 5.69 Å². The van der Waals surface area contributed by atoms with Crippen molar-refractivity contribution < 1.29 is 8.78 Å². The van der Waals surface area contributed by atoms with Crippen LogP contribution in [0.3, 0.4) is 0 Å². The monoisotopic (exact) mass is 232 g/mol. The molecule has 0 aromatic carbocycles. The van der Waals surface area contributed by atoms with Crippen molar-refractivity contribution in [3.63, 3.8) is 0 Å². The summed E-state index contributed by atoms with van der Waals surface area (Å²) >= 11 is 0. The van der Waals surface area contributed by atoms with Crippen molar-refractivity contribution in [2.45, 2.75) is 0 Å². The average molecular weight is 232 g/mol. The Balaban J connectivity index is 2.31. The van der Waals surface area contributed by atoms with Crippen molar-refractivity contribution in [3.8, 4) is 11.3 Å². The maximum atomic E-state index is 13.5. The highest BCUT2D eigenvalue weighted by molar-refractivity contribution is 5.92. The maximum Gasteiger partial charge on any atom is 0.167 e. The number of hydrogen-bond donors (Lipinski definition) is 1. The van der Waals surface area contributed by atoms with Crippen LogP contribution in [-0.4, -0.2) is 19.9 Å². The second kappa shape index (κ2) is 3.58. The van der Waals surface area contributed by atoms with E-state index in [2.05, 4.69) is 19.9 Å². The Hall–Kier alpha value is -2.37. The molecular formula is C11H6F2N4. The van der Waals surface area contributed by atoms with Crippen LogP contribution in [0.25, 0.3) is 22.3 Å². The SMILES string of the molecule is Fc1cnc2[nH]cc(-c3ncncc3F)c2c1. The van der Waals surface area contributed by atoms with Gasteiger partial charge in [0.1, 0.15) is 23.5 Å². The van der Waals surface area contributed by atoms with E-state index >= 15 is 0 Å². The molecule has 1 N–H and O–H groups in total. The van der Waals surface area contributed by atoms with Gasteiger partial charge in [0.05, 0.1) is 12.4 Å². The summed E-state index contributed by atoms with van der Waals surface area (Å²) in [7, 11) is 0. The molecule has 3 aromatic heterocycles. The van der Waals surface area contributed by atoms with Crippen LogP contribution in [0.2, 0.25) is 0 Å². The number of pyridine rings is 1. The van der Waals surface area contributed by atoms with Gasteiger partial charge in [0.2, 0.25) is 0 Å². The fraction of sp³-hybridized carbons (Fsp3) is 0. The third kappa shape index (κ3) is 1.54. The number of hydrogen-bond acceptors (Lipinski definition) is 3. The smallest absolute Gasteiger partial charge is 0.167 e. The zero-order valence-electron chi connectivity index (χ0n) is 8.48. The van der Waals surface area contributed by atoms with Crippen LogP contribution in [0.15, 0.2) is 31.0 Å². The molecule has 0 aliphatic carbocycles. The van der Waals surface area contributed by atoms with Crippen LogP contribution in [0.5, 0.6) is 0 Å². The van der Waals surface area contributed by atoms with Gasteiger partial charge in [-0.3, -0.25) is 0 Å². The van der Waals surface area contributed by atoms with E-state index in [1.165, 1.54) is 12.4 Å². The lowest BCUT2D eigenvalue weighted by molar-refractivity contribution is 0.617. The van der Waals surface area contributed by atoms with Crippen LogP contribution < -0.4 is 0 Å². The Morgan fingerprint density at radius 2 is 2.00 bits per heavy atom. The van der Waals surface area contributed by atoms with Crippen LogP contribution in [-0.2, 0) is 0 Å². The number of aromatic amines is 1. The molecule has 6 heteroatoms. The van der Waals surface area contributed by atoms with Crippen molar-refractivity contribution in [2.24, 2.45) is 0 Å². The molecule has 0 fully saturated rings. The molecule has 3 rings (SSSR count). The summed E-state index contributed by atoms with van der Waals surface area (Å²) in [5, 5.41) is 0.489. The molecule has 0 saturated carbocycles. The Morgan fingerprint density at radius 1 is 1.12 bits per heavy atom. The highest BCUT2D eigenvalue weighted by Crippen LogP contribution is 2.27. The summed E-state index contributed by atoms with van der Waals surface area (Å²) in [6.07, 6.45) is 4.94. The minimum absolute atomic E-state index is 0.124. The summed E-state index contributed by atoms with van der Waals surface area (Å²) < 4.78 is 26.6. The van der Waals surface area contributed by atoms with E-state index in [1.807, 2.05) is 0 Å². The van der Waals surface area contributed by atoms with Crippen LogP contribution in [0.1, 0.15) is 0 Å². The van der Waals surface area contributed by atoms with Crippen molar-refractivity contribution >= 4 is 11.0 Å². The van der Waals surface area contributed by atoms with Crippen molar-refractivity contribution in [1.29, 1.82) is 0 Å². The lowest BCUT2D eigenvalue weighted by Crippen LogP contribution is -1.89. The van der Waals surface area contributed by atoms with Gasteiger partial charge in [-0.05, 0) is 6.07 Å². The molecule has 17 heavy (non-hydrogen) atoms. The van der Waals surface area contributed by atoms with Gasteiger partial charge in [0, 0.05) is 17.1 Å². The fourth-order valence-corrected chi connectivity index (χ4v) is 1.68. The number of aromatic nitrogens is 4. The number of nitrogens with one attached hydrogen (secondary N) is 1. The quantitative estimate of drug-likeness (QED) is 0.700.